The summed E-state index contributed by atoms with van der Waals surface area (Å²) in [4.78, 5) is 41.6. The van der Waals surface area contributed by atoms with Crippen molar-refractivity contribution in [2.45, 2.75) is 56.9 Å². The molecule has 2 aliphatic heterocycles. The van der Waals surface area contributed by atoms with Gasteiger partial charge < -0.3 is 15.5 Å². The first-order valence-corrected chi connectivity index (χ1v) is 13.2. The van der Waals surface area contributed by atoms with E-state index < -0.39 is 6.04 Å². The van der Waals surface area contributed by atoms with Crippen LogP contribution in [-0.4, -0.2) is 61.4 Å². The lowest BCUT2D eigenvalue weighted by atomic mass is 9.74. The average molecular weight is 525 g/mol. The highest BCUT2D eigenvalue weighted by Gasteiger charge is 2.41. The molecule has 0 bridgehead atoms. The van der Waals surface area contributed by atoms with E-state index in [4.69, 9.17) is 0 Å². The fourth-order valence-electron chi connectivity index (χ4n) is 6.31. The highest BCUT2D eigenvalue weighted by Crippen LogP contribution is 2.46. The highest BCUT2D eigenvalue weighted by molar-refractivity contribution is 6.03. The molecule has 7 nitrogen and oxygen atoms in total. The third-order valence-electron chi connectivity index (χ3n) is 8.26. The molecule has 2 aromatic carbocycles. The summed E-state index contributed by atoms with van der Waals surface area (Å²) in [5, 5.41) is 5.57. The summed E-state index contributed by atoms with van der Waals surface area (Å²) < 4.78 is 0. The summed E-state index contributed by atoms with van der Waals surface area (Å²) >= 11 is 0. The lowest BCUT2D eigenvalue weighted by Crippen LogP contribution is -2.50. The summed E-state index contributed by atoms with van der Waals surface area (Å²) in [6.45, 7) is 4.88. The number of rotatable bonds is 7. The number of piperidine rings is 1. The van der Waals surface area contributed by atoms with Crippen LogP contribution in [0.5, 0.6) is 0 Å². The van der Waals surface area contributed by atoms with Gasteiger partial charge in [0, 0.05) is 45.1 Å². The van der Waals surface area contributed by atoms with Crippen molar-refractivity contribution in [3.8, 4) is 0 Å². The molecule has 8 heteroatoms. The molecule has 0 aromatic heterocycles. The number of hydrogen-bond acceptors (Lipinski definition) is 4. The van der Waals surface area contributed by atoms with Crippen LogP contribution in [0.15, 0.2) is 48.5 Å². The van der Waals surface area contributed by atoms with Crippen molar-refractivity contribution >= 4 is 35.8 Å². The Labute approximate surface area is 225 Å². The molecule has 1 saturated heterocycles. The molecule has 0 unspecified atom stereocenters. The molecule has 2 heterocycles. The Morgan fingerprint density at radius 2 is 1.59 bits per heavy atom. The molecular weight excluding hydrogens is 488 g/mol. The smallest absolute Gasteiger partial charge is 0.243 e. The Hall–Kier alpha value is -2.90. The number of likely N-dealkylation sites (tertiary alicyclic amines) is 1. The van der Waals surface area contributed by atoms with Gasteiger partial charge in [-0.05, 0) is 66.9 Å². The SMILES string of the molecule is CC(=O)NCCNC(=O)[C@@H]1Cc2ccccc2N1C(=O)CCN1CCC2(CCc3ccccc32)CC1.Cl. The topological polar surface area (TPSA) is 81.8 Å². The third kappa shape index (κ3) is 5.68. The van der Waals surface area contributed by atoms with Crippen LogP contribution >= 0.6 is 12.4 Å². The minimum atomic E-state index is -0.549. The van der Waals surface area contributed by atoms with E-state index in [0.29, 0.717) is 37.9 Å². The zero-order valence-electron chi connectivity index (χ0n) is 21.5. The number of hydrogen-bond donors (Lipinski definition) is 2. The summed E-state index contributed by atoms with van der Waals surface area (Å²) in [6, 6.07) is 16.1. The third-order valence-corrected chi connectivity index (χ3v) is 8.26. The monoisotopic (exact) mass is 524 g/mol. The Kier molecular flexibility index (Phi) is 8.55. The summed E-state index contributed by atoms with van der Waals surface area (Å²) in [5.41, 5.74) is 5.22. The largest absolute Gasteiger partial charge is 0.355 e. The Balaban J connectivity index is 0.00000320. The maximum Gasteiger partial charge on any atom is 0.243 e. The van der Waals surface area contributed by atoms with Crippen LogP contribution in [0.4, 0.5) is 5.69 Å². The fraction of sp³-hybridized carbons (Fsp3) is 0.483. The first-order valence-electron chi connectivity index (χ1n) is 13.2. The van der Waals surface area contributed by atoms with Crippen molar-refractivity contribution in [2.24, 2.45) is 0 Å². The Morgan fingerprint density at radius 1 is 0.919 bits per heavy atom. The Morgan fingerprint density at radius 3 is 2.35 bits per heavy atom. The number of carbonyl (C=O) groups is 3. The quantitative estimate of drug-likeness (QED) is 0.546. The van der Waals surface area contributed by atoms with Crippen LogP contribution in [0.25, 0.3) is 0 Å². The number of nitrogens with zero attached hydrogens (tertiary/aromatic N) is 2. The van der Waals surface area contributed by atoms with Gasteiger partial charge in [0.1, 0.15) is 6.04 Å². The summed E-state index contributed by atoms with van der Waals surface area (Å²) in [5.74, 6) is -0.312. The van der Waals surface area contributed by atoms with Crippen molar-refractivity contribution in [3.63, 3.8) is 0 Å². The maximum atomic E-state index is 13.5. The van der Waals surface area contributed by atoms with Crippen LogP contribution in [-0.2, 0) is 32.6 Å². The minimum absolute atomic E-state index is 0. The molecule has 37 heavy (non-hydrogen) atoms. The molecule has 198 valence electrons. The number of nitrogens with one attached hydrogen (secondary N) is 2. The van der Waals surface area contributed by atoms with Gasteiger partial charge in [0.15, 0.2) is 0 Å². The predicted molar refractivity (Wildman–Crippen MR) is 147 cm³/mol. The van der Waals surface area contributed by atoms with Gasteiger partial charge in [-0.2, -0.15) is 0 Å². The summed E-state index contributed by atoms with van der Waals surface area (Å²) in [7, 11) is 0. The standard InChI is InChI=1S/C29H36N4O3.ClH/c1-21(34)30-15-16-31-28(36)26-20-23-7-3-5-9-25(23)33(26)27(35)11-17-32-18-13-29(14-19-32)12-10-22-6-2-4-8-24(22)29;/h2-9,26H,10-20H2,1H3,(H,30,34)(H,31,36);1H/t26-;/m0./s1. The van der Waals surface area contributed by atoms with Gasteiger partial charge in [-0.3, -0.25) is 19.3 Å². The molecule has 3 aliphatic rings. The second-order valence-corrected chi connectivity index (χ2v) is 10.4. The van der Waals surface area contributed by atoms with Gasteiger partial charge >= 0.3 is 0 Å². The molecule has 1 spiro atoms. The van der Waals surface area contributed by atoms with Gasteiger partial charge in [-0.1, -0.05) is 42.5 Å². The average Bonchev–Trinajstić information content (AvgIpc) is 3.45. The van der Waals surface area contributed by atoms with Crippen molar-refractivity contribution in [2.75, 3.05) is 37.6 Å². The zero-order valence-corrected chi connectivity index (χ0v) is 22.3. The molecule has 5 rings (SSSR count). The number of para-hydroxylation sites is 1. The van der Waals surface area contributed by atoms with E-state index in [2.05, 4.69) is 39.8 Å². The number of carbonyl (C=O) groups excluding carboxylic acids is 3. The van der Waals surface area contributed by atoms with Crippen LogP contribution in [0.3, 0.4) is 0 Å². The number of halogens is 1. The minimum Gasteiger partial charge on any atom is -0.355 e. The van der Waals surface area contributed by atoms with Gasteiger partial charge in [0.05, 0.1) is 0 Å². The van der Waals surface area contributed by atoms with Gasteiger partial charge in [0.2, 0.25) is 17.7 Å². The molecule has 0 radical (unpaired) electrons. The number of benzene rings is 2. The molecule has 1 atom stereocenters. The molecule has 1 fully saturated rings. The van der Waals surface area contributed by atoms with Gasteiger partial charge in [-0.15, -0.1) is 12.4 Å². The molecule has 3 amide bonds. The van der Waals surface area contributed by atoms with E-state index in [9.17, 15) is 14.4 Å². The van der Waals surface area contributed by atoms with Gasteiger partial charge in [-0.25, -0.2) is 0 Å². The summed E-state index contributed by atoms with van der Waals surface area (Å²) in [6.07, 6.45) is 5.61. The molecule has 0 saturated carbocycles. The maximum absolute atomic E-state index is 13.5. The van der Waals surface area contributed by atoms with E-state index in [1.807, 2.05) is 24.3 Å². The molecule has 1 aliphatic carbocycles. The number of aryl methyl sites for hydroxylation is 1. The van der Waals surface area contributed by atoms with Crippen LogP contribution < -0.4 is 15.5 Å². The van der Waals surface area contributed by atoms with E-state index in [-0.39, 0.29) is 30.1 Å². The normalized spacial score (nSPS) is 19.6. The van der Waals surface area contributed by atoms with E-state index in [1.54, 1.807) is 10.5 Å². The fourth-order valence-corrected chi connectivity index (χ4v) is 6.31. The lowest BCUT2D eigenvalue weighted by molar-refractivity contribution is -0.126. The first kappa shape index (κ1) is 27.1. The predicted octanol–water partition coefficient (Wildman–Crippen LogP) is 2.99. The second-order valence-electron chi connectivity index (χ2n) is 10.4. The number of fused-ring (bicyclic) bond motifs is 3. The second kappa shape index (κ2) is 11.7. The lowest BCUT2D eigenvalue weighted by Gasteiger charge is -2.40. The molecular formula is C29H37ClN4O3. The van der Waals surface area contributed by atoms with E-state index in [0.717, 1.165) is 37.2 Å². The van der Waals surface area contributed by atoms with E-state index in [1.165, 1.54) is 25.3 Å². The molecule has 2 N–H and O–H groups in total. The van der Waals surface area contributed by atoms with E-state index >= 15 is 0 Å². The van der Waals surface area contributed by atoms with Crippen LogP contribution in [0.2, 0.25) is 0 Å². The van der Waals surface area contributed by atoms with Crippen molar-refractivity contribution in [1.82, 2.24) is 15.5 Å². The zero-order chi connectivity index (χ0) is 25.1. The Bertz CT molecular complexity index is 1150. The molecule has 2 aromatic rings. The number of anilines is 1. The van der Waals surface area contributed by atoms with Crippen molar-refractivity contribution in [3.05, 3.63) is 65.2 Å². The highest BCUT2D eigenvalue weighted by atomic mass is 35.5. The van der Waals surface area contributed by atoms with Crippen molar-refractivity contribution in [1.29, 1.82) is 0 Å². The van der Waals surface area contributed by atoms with Crippen LogP contribution in [0, 0.1) is 0 Å². The number of amides is 3. The van der Waals surface area contributed by atoms with Gasteiger partial charge in [0.25, 0.3) is 0 Å². The van der Waals surface area contributed by atoms with Crippen molar-refractivity contribution < 1.29 is 14.4 Å². The first-order chi connectivity index (χ1) is 17.5. The van der Waals surface area contributed by atoms with Crippen LogP contribution in [0.1, 0.15) is 49.3 Å².